The van der Waals surface area contributed by atoms with Crippen molar-refractivity contribution >= 4 is 15.1 Å². The quantitative estimate of drug-likeness (QED) is 0.241. The molecule has 6 N–H and O–H groups in total. The zero-order valence-electron chi connectivity index (χ0n) is 8.97. The van der Waals surface area contributed by atoms with E-state index in [2.05, 4.69) is 0 Å². The SMILES string of the molecule is NCCCCCC(O)(P(=O)(O)O)P(=O)(O)N=O. The molecule has 0 aliphatic rings. The van der Waals surface area contributed by atoms with E-state index in [9.17, 15) is 19.1 Å². The Kier molecular flexibility index (Phi) is 6.10. The van der Waals surface area contributed by atoms with Crippen molar-refractivity contribution in [1.82, 2.24) is 0 Å². The number of aliphatic hydroxyl groups is 1. The fourth-order valence-corrected chi connectivity index (χ4v) is 3.71. The Hall–Kier alpha value is -0.140. The lowest BCUT2D eigenvalue weighted by atomic mass is 10.2. The second kappa shape index (κ2) is 6.15. The second-order valence-corrected chi connectivity index (χ2v) is 7.72. The average molecular weight is 290 g/mol. The van der Waals surface area contributed by atoms with Gasteiger partial charge in [-0.25, -0.2) is 0 Å². The van der Waals surface area contributed by atoms with Crippen molar-refractivity contribution in [2.75, 3.05) is 6.54 Å². The Bertz CT molecular complexity index is 356. The van der Waals surface area contributed by atoms with Crippen LogP contribution in [-0.4, -0.2) is 31.4 Å². The molecule has 0 radical (unpaired) electrons. The highest BCUT2D eigenvalue weighted by Crippen LogP contribution is 2.71. The van der Waals surface area contributed by atoms with E-state index < -0.39 is 26.6 Å². The number of nitrogens with zero attached hydrogens (tertiary/aromatic N) is 1. The van der Waals surface area contributed by atoms with E-state index in [1.54, 1.807) is 4.95 Å². The summed E-state index contributed by atoms with van der Waals surface area (Å²) in [6.45, 7) is 0.344. The molecule has 11 heteroatoms. The van der Waals surface area contributed by atoms with Gasteiger partial charge in [0.1, 0.15) is 0 Å². The van der Waals surface area contributed by atoms with Gasteiger partial charge in [-0.3, -0.25) is 9.13 Å². The monoisotopic (exact) mass is 290 g/mol. The van der Waals surface area contributed by atoms with E-state index in [1.807, 2.05) is 0 Å². The summed E-state index contributed by atoms with van der Waals surface area (Å²) in [5.74, 6) is 0. The van der Waals surface area contributed by atoms with Gasteiger partial charge < -0.3 is 25.5 Å². The first-order chi connectivity index (χ1) is 7.62. The standard InChI is InChI=1S/C6H16N2O7P2/c7-5-3-1-2-4-6(9,17(13,14)15)16(11,12)8-10/h9H,1-5,7H2,(H,11,12)(H2,13,14,15). The van der Waals surface area contributed by atoms with E-state index in [4.69, 9.17) is 20.4 Å². The highest BCUT2D eigenvalue weighted by atomic mass is 31.2. The summed E-state index contributed by atoms with van der Waals surface area (Å²) in [4.78, 5) is 38.6. The van der Waals surface area contributed by atoms with Gasteiger partial charge in [0, 0.05) is 4.95 Å². The van der Waals surface area contributed by atoms with Crippen molar-refractivity contribution in [3.63, 3.8) is 0 Å². The second-order valence-electron chi connectivity index (χ2n) is 3.54. The zero-order valence-corrected chi connectivity index (χ0v) is 10.8. The summed E-state index contributed by atoms with van der Waals surface area (Å²) in [7, 11) is -10.6. The minimum absolute atomic E-state index is 0.0406. The summed E-state index contributed by atoms with van der Waals surface area (Å²) in [5, 5.41) is 6.26. The molecule has 17 heavy (non-hydrogen) atoms. The van der Waals surface area contributed by atoms with Crippen molar-refractivity contribution in [3.05, 3.63) is 4.91 Å². The van der Waals surface area contributed by atoms with Gasteiger partial charge >= 0.3 is 15.1 Å². The Morgan fingerprint density at radius 1 is 1.12 bits per heavy atom. The molecule has 0 fully saturated rings. The highest BCUT2D eigenvalue weighted by Gasteiger charge is 2.60. The predicted octanol–water partition coefficient (Wildman–Crippen LogP) is 0.281. The predicted molar refractivity (Wildman–Crippen MR) is 60.1 cm³/mol. The number of rotatable bonds is 8. The van der Waals surface area contributed by atoms with Crippen LogP contribution in [0.2, 0.25) is 0 Å². The van der Waals surface area contributed by atoms with Gasteiger partial charge in [0.05, 0.1) is 0 Å². The highest BCUT2D eigenvalue weighted by molar-refractivity contribution is 7.74. The van der Waals surface area contributed by atoms with Gasteiger partial charge in [-0.05, 0) is 25.8 Å². The van der Waals surface area contributed by atoms with Crippen LogP contribution in [0.15, 0.2) is 4.95 Å². The molecule has 0 aromatic heterocycles. The first-order valence-corrected chi connectivity index (χ1v) is 8.01. The maximum Gasteiger partial charge on any atom is 0.392 e. The Balaban J connectivity index is 4.96. The molecule has 2 atom stereocenters. The molecule has 0 aromatic carbocycles. The fourth-order valence-electron chi connectivity index (χ4n) is 1.21. The number of nitroso groups, excluding NO2 is 1. The molecule has 102 valence electrons. The van der Waals surface area contributed by atoms with Crippen LogP contribution in [0, 0.1) is 4.91 Å². The first kappa shape index (κ1) is 16.9. The molecular formula is C6H16N2O7P2. The third kappa shape index (κ3) is 3.93. The van der Waals surface area contributed by atoms with Gasteiger partial charge in [0.2, 0.25) is 0 Å². The van der Waals surface area contributed by atoms with E-state index >= 15 is 0 Å². The van der Waals surface area contributed by atoms with Crippen molar-refractivity contribution in [3.8, 4) is 0 Å². The lowest BCUT2D eigenvalue weighted by Gasteiger charge is -2.28. The molecule has 9 nitrogen and oxygen atoms in total. The largest absolute Gasteiger partial charge is 0.392 e. The van der Waals surface area contributed by atoms with E-state index in [-0.39, 0.29) is 6.42 Å². The van der Waals surface area contributed by atoms with E-state index in [0.29, 0.717) is 19.4 Å². The van der Waals surface area contributed by atoms with Crippen LogP contribution in [0.5, 0.6) is 0 Å². The molecule has 0 amide bonds. The Morgan fingerprint density at radius 2 is 1.65 bits per heavy atom. The van der Waals surface area contributed by atoms with Crippen LogP contribution in [0.4, 0.5) is 0 Å². The van der Waals surface area contributed by atoms with Crippen molar-refractivity contribution in [1.29, 1.82) is 0 Å². The molecule has 0 saturated heterocycles. The molecule has 0 bridgehead atoms. The minimum Gasteiger partial charge on any atom is -0.368 e. The van der Waals surface area contributed by atoms with Crippen LogP contribution in [0.25, 0.3) is 0 Å². The number of unbranched alkanes of at least 4 members (excludes halogenated alkanes) is 2. The third-order valence-corrected chi connectivity index (χ3v) is 6.36. The van der Waals surface area contributed by atoms with Gasteiger partial charge in [-0.1, -0.05) is 6.42 Å². The first-order valence-electron chi connectivity index (χ1n) is 4.78. The molecular weight excluding hydrogens is 274 g/mol. The summed E-state index contributed by atoms with van der Waals surface area (Å²) >= 11 is 0. The van der Waals surface area contributed by atoms with Gasteiger partial charge in [0.25, 0.3) is 5.08 Å². The van der Waals surface area contributed by atoms with Crippen LogP contribution in [0.1, 0.15) is 25.7 Å². The number of hydrogen-bond donors (Lipinski definition) is 5. The van der Waals surface area contributed by atoms with Crippen molar-refractivity contribution in [2.45, 2.75) is 30.8 Å². The van der Waals surface area contributed by atoms with E-state index in [1.165, 1.54) is 0 Å². The smallest absolute Gasteiger partial charge is 0.368 e. The molecule has 0 saturated carbocycles. The maximum atomic E-state index is 11.2. The topological polar surface area (TPSA) is 171 Å². The summed E-state index contributed by atoms with van der Waals surface area (Å²) in [5.41, 5.74) is 5.19. The Morgan fingerprint density at radius 3 is 2.00 bits per heavy atom. The zero-order chi connectivity index (χ0) is 13.7. The molecule has 0 rings (SSSR count). The molecule has 0 spiro atoms. The Labute approximate surface area is 97.7 Å². The van der Waals surface area contributed by atoms with Gasteiger partial charge in [-0.15, -0.1) is 4.91 Å². The summed E-state index contributed by atoms with van der Waals surface area (Å²) in [6, 6.07) is 0. The fraction of sp³-hybridized carbons (Fsp3) is 1.00. The van der Waals surface area contributed by atoms with Crippen LogP contribution >= 0.6 is 15.1 Å². The van der Waals surface area contributed by atoms with Crippen LogP contribution in [-0.2, 0) is 9.13 Å². The van der Waals surface area contributed by atoms with Crippen molar-refractivity contribution < 1.29 is 28.9 Å². The third-order valence-electron chi connectivity index (χ3n) is 2.26. The molecule has 0 aliphatic carbocycles. The van der Waals surface area contributed by atoms with Crippen LogP contribution in [0.3, 0.4) is 0 Å². The molecule has 2 unspecified atom stereocenters. The number of nitrogens with two attached hydrogens (primary N) is 1. The molecule has 0 aromatic rings. The van der Waals surface area contributed by atoms with Crippen molar-refractivity contribution in [2.24, 2.45) is 10.7 Å². The molecule has 0 heterocycles. The minimum atomic E-state index is -5.36. The normalized spacial score (nSPS) is 19.4. The molecule has 0 aliphatic heterocycles. The number of hydrogen-bond acceptors (Lipinski definition) is 5. The summed E-state index contributed by atoms with van der Waals surface area (Å²) < 4.78 is 22.2. The van der Waals surface area contributed by atoms with Gasteiger partial charge in [0.15, 0.2) is 0 Å². The lowest BCUT2D eigenvalue weighted by molar-refractivity contribution is 0.137. The lowest BCUT2D eigenvalue weighted by Crippen LogP contribution is -2.27. The van der Waals surface area contributed by atoms with Gasteiger partial charge in [-0.2, -0.15) is 0 Å². The van der Waals surface area contributed by atoms with E-state index in [0.717, 1.165) is 0 Å². The average Bonchev–Trinajstić information content (AvgIpc) is 2.22. The van der Waals surface area contributed by atoms with Crippen LogP contribution < -0.4 is 5.73 Å². The summed E-state index contributed by atoms with van der Waals surface area (Å²) in [6.07, 6.45) is 0.273. The maximum absolute atomic E-state index is 11.2.